The summed E-state index contributed by atoms with van der Waals surface area (Å²) < 4.78 is 27.6. The van der Waals surface area contributed by atoms with Crippen LogP contribution in [-0.2, 0) is 17.1 Å². The van der Waals surface area contributed by atoms with E-state index >= 15 is 0 Å². The molecule has 1 aliphatic rings. The summed E-state index contributed by atoms with van der Waals surface area (Å²) in [6.45, 7) is 1.74. The fourth-order valence-electron chi connectivity index (χ4n) is 2.04. The van der Waals surface area contributed by atoms with Gasteiger partial charge in [-0.3, -0.25) is 0 Å². The van der Waals surface area contributed by atoms with Crippen LogP contribution in [0.25, 0.3) is 0 Å². The van der Waals surface area contributed by atoms with Crippen molar-refractivity contribution >= 4 is 10.0 Å². The lowest BCUT2D eigenvalue weighted by Gasteiger charge is -2.30. The Balaban J connectivity index is 2.20. The predicted octanol–water partition coefficient (Wildman–Crippen LogP) is -0.207. The Kier molecular flexibility index (Phi) is 3.50. The van der Waals surface area contributed by atoms with Crippen molar-refractivity contribution < 1.29 is 8.42 Å². The molecule has 0 aromatic carbocycles. The number of hydrogen-bond donors (Lipinski definition) is 1. The Labute approximate surface area is 102 Å². The molecule has 1 aromatic rings. The van der Waals surface area contributed by atoms with Crippen molar-refractivity contribution in [3.8, 4) is 0 Å². The minimum Gasteiger partial charge on any atom is -0.339 e. The smallest absolute Gasteiger partial charge is 0.262 e. The average molecular weight is 258 g/mol. The molecule has 1 fully saturated rings. The molecule has 0 atom stereocenters. The van der Waals surface area contributed by atoms with E-state index in [0.717, 1.165) is 25.9 Å². The van der Waals surface area contributed by atoms with Gasteiger partial charge in [0.05, 0.1) is 6.33 Å². The molecule has 1 N–H and O–H groups in total. The number of aryl methyl sites for hydroxylation is 1. The van der Waals surface area contributed by atoms with E-state index in [1.54, 1.807) is 18.7 Å². The van der Waals surface area contributed by atoms with E-state index < -0.39 is 10.0 Å². The zero-order valence-electron chi connectivity index (χ0n) is 10.1. The van der Waals surface area contributed by atoms with Gasteiger partial charge in [-0.05, 0) is 25.9 Å². The number of nitrogens with one attached hydrogen (secondary N) is 1. The maximum atomic E-state index is 12.3. The maximum absolute atomic E-state index is 12.3. The van der Waals surface area contributed by atoms with Crippen LogP contribution in [0.1, 0.15) is 12.8 Å². The van der Waals surface area contributed by atoms with Crippen LogP contribution in [0, 0.1) is 0 Å². The second kappa shape index (κ2) is 4.75. The first-order valence-electron chi connectivity index (χ1n) is 5.68. The van der Waals surface area contributed by atoms with E-state index in [1.165, 1.54) is 16.8 Å². The van der Waals surface area contributed by atoms with Gasteiger partial charge in [-0.2, -0.15) is 4.31 Å². The van der Waals surface area contributed by atoms with Crippen molar-refractivity contribution in [2.24, 2.45) is 7.05 Å². The van der Waals surface area contributed by atoms with Gasteiger partial charge in [0, 0.05) is 26.3 Å². The fraction of sp³-hybridized carbons (Fsp3) is 0.700. The fourth-order valence-corrected chi connectivity index (χ4v) is 3.41. The molecule has 0 saturated carbocycles. The highest BCUT2D eigenvalue weighted by atomic mass is 32.2. The summed E-state index contributed by atoms with van der Waals surface area (Å²) in [5.41, 5.74) is 0. The normalized spacial score (nSPS) is 18.8. The Hall–Kier alpha value is -0.920. The molecule has 0 radical (unpaired) electrons. The van der Waals surface area contributed by atoms with Gasteiger partial charge in [0.25, 0.3) is 10.0 Å². The molecule has 17 heavy (non-hydrogen) atoms. The van der Waals surface area contributed by atoms with Gasteiger partial charge in [0.2, 0.25) is 0 Å². The van der Waals surface area contributed by atoms with E-state index in [1.807, 2.05) is 0 Å². The number of piperidine rings is 1. The molecule has 7 heteroatoms. The minimum absolute atomic E-state index is 0.0725. The van der Waals surface area contributed by atoms with Crippen molar-refractivity contribution in [3.05, 3.63) is 12.5 Å². The lowest BCUT2D eigenvalue weighted by Crippen LogP contribution is -2.43. The van der Waals surface area contributed by atoms with E-state index in [0.29, 0.717) is 0 Å². The number of aromatic nitrogens is 2. The third kappa shape index (κ3) is 2.51. The van der Waals surface area contributed by atoms with E-state index in [4.69, 9.17) is 0 Å². The number of sulfonamides is 1. The van der Waals surface area contributed by atoms with E-state index in [-0.39, 0.29) is 11.1 Å². The average Bonchev–Trinajstić information content (AvgIpc) is 2.77. The second-order valence-corrected chi connectivity index (χ2v) is 6.32. The summed E-state index contributed by atoms with van der Waals surface area (Å²) in [7, 11) is -0.0448. The lowest BCUT2D eigenvalue weighted by atomic mass is 10.1. The van der Waals surface area contributed by atoms with Crippen LogP contribution >= 0.6 is 0 Å². The second-order valence-electron chi connectivity index (χ2n) is 4.38. The van der Waals surface area contributed by atoms with Gasteiger partial charge < -0.3 is 9.88 Å². The molecule has 0 unspecified atom stereocenters. The molecule has 1 saturated heterocycles. The first-order chi connectivity index (χ1) is 8.01. The van der Waals surface area contributed by atoms with Gasteiger partial charge in [-0.1, -0.05) is 0 Å². The van der Waals surface area contributed by atoms with Crippen LogP contribution in [-0.4, -0.2) is 48.5 Å². The molecule has 2 rings (SSSR count). The number of imidazole rings is 1. The van der Waals surface area contributed by atoms with Gasteiger partial charge in [0.15, 0.2) is 5.03 Å². The summed E-state index contributed by atoms with van der Waals surface area (Å²) in [4.78, 5) is 3.92. The van der Waals surface area contributed by atoms with Crippen LogP contribution in [0.5, 0.6) is 0 Å². The summed E-state index contributed by atoms with van der Waals surface area (Å²) in [5, 5.41) is 3.35. The number of rotatable bonds is 3. The molecule has 0 aliphatic carbocycles. The van der Waals surface area contributed by atoms with Crippen LogP contribution < -0.4 is 5.32 Å². The SMILES string of the molecule is CN(C1CCNCC1)S(=O)(=O)c1cn(C)cn1. The summed E-state index contributed by atoms with van der Waals surface area (Å²) in [6, 6.07) is 0.0725. The summed E-state index contributed by atoms with van der Waals surface area (Å²) in [5.74, 6) is 0. The molecule has 2 heterocycles. The molecule has 96 valence electrons. The largest absolute Gasteiger partial charge is 0.339 e. The molecular weight excluding hydrogens is 240 g/mol. The minimum atomic E-state index is -3.44. The van der Waals surface area contributed by atoms with Crippen molar-refractivity contribution in [3.63, 3.8) is 0 Å². The molecular formula is C10H18N4O2S. The van der Waals surface area contributed by atoms with Gasteiger partial charge in [-0.25, -0.2) is 13.4 Å². The third-order valence-electron chi connectivity index (χ3n) is 3.15. The van der Waals surface area contributed by atoms with Crippen molar-refractivity contribution in [1.82, 2.24) is 19.2 Å². The Morgan fingerprint density at radius 1 is 1.47 bits per heavy atom. The van der Waals surface area contributed by atoms with Crippen molar-refractivity contribution in [2.75, 3.05) is 20.1 Å². The van der Waals surface area contributed by atoms with Crippen LogP contribution in [0.15, 0.2) is 17.6 Å². The van der Waals surface area contributed by atoms with Gasteiger partial charge in [-0.15, -0.1) is 0 Å². The highest BCUT2D eigenvalue weighted by Crippen LogP contribution is 2.18. The lowest BCUT2D eigenvalue weighted by molar-refractivity contribution is 0.296. The first-order valence-corrected chi connectivity index (χ1v) is 7.12. The summed E-state index contributed by atoms with van der Waals surface area (Å²) >= 11 is 0. The predicted molar refractivity (Wildman–Crippen MR) is 64.0 cm³/mol. The highest BCUT2D eigenvalue weighted by molar-refractivity contribution is 7.89. The van der Waals surface area contributed by atoms with E-state index in [9.17, 15) is 8.42 Å². The van der Waals surface area contributed by atoms with Crippen molar-refractivity contribution in [2.45, 2.75) is 23.9 Å². The zero-order valence-corrected chi connectivity index (χ0v) is 10.9. The highest BCUT2D eigenvalue weighted by Gasteiger charge is 2.30. The summed E-state index contributed by atoms with van der Waals surface area (Å²) in [6.07, 6.45) is 4.74. The molecule has 0 amide bonds. The third-order valence-corrected chi connectivity index (χ3v) is 4.94. The Morgan fingerprint density at radius 3 is 2.65 bits per heavy atom. The maximum Gasteiger partial charge on any atom is 0.262 e. The topological polar surface area (TPSA) is 67.2 Å². The molecule has 0 bridgehead atoms. The van der Waals surface area contributed by atoms with Crippen LogP contribution in [0.4, 0.5) is 0 Å². The van der Waals surface area contributed by atoms with Crippen molar-refractivity contribution in [1.29, 1.82) is 0 Å². The Bertz CT molecular complexity index is 476. The molecule has 0 spiro atoms. The quantitative estimate of drug-likeness (QED) is 0.815. The standard InChI is InChI=1S/C10H18N4O2S/c1-13-7-10(12-8-13)17(15,16)14(2)9-3-5-11-6-4-9/h7-9,11H,3-6H2,1-2H3. The van der Waals surface area contributed by atoms with Gasteiger partial charge in [0.1, 0.15) is 0 Å². The molecule has 6 nitrogen and oxygen atoms in total. The zero-order chi connectivity index (χ0) is 12.5. The van der Waals surface area contributed by atoms with Gasteiger partial charge >= 0.3 is 0 Å². The van der Waals surface area contributed by atoms with Crippen LogP contribution in [0.3, 0.4) is 0 Å². The monoisotopic (exact) mass is 258 g/mol. The molecule has 1 aromatic heterocycles. The van der Waals surface area contributed by atoms with Crippen LogP contribution in [0.2, 0.25) is 0 Å². The Morgan fingerprint density at radius 2 is 2.12 bits per heavy atom. The van der Waals surface area contributed by atoms with E-state index in [2.05, 4.69) is 10.3 Å². The first kappa shape index (κ1) is 12.5. The number of nitrogens with zero attached hydrogens (tertiary/aromatic N) is 3. The molecule has 1 aliphatic heterocycles. The number of hydrogen-bond acceptors (Lipinski definition) is 4.